The second-order valence-corrected chi connectivity index (χ2v) is 10.9. The Kier molecular flexibility index (Phi) is 7.71. The fraction of sp³-hybridized carbons (Fsp3) is 0.400. The molecule has 2 aromatic carbocycles. The molecule has 0 aliphatic carbocycles. The molecule has 2 aliphatic rings. The average Bonchev–Trinajstić information content (AvgIpc) is 3.04. The molecule has 224 valence electrons. The molecule has 5 nitrogen and oxygen atoms in total. The van der Waals surface area contributed by atoms with E-state index in [0.29, 0.717) is 60.4 Å². The Morgan fingerprint density at radius 3 is 2.07 bits per heavy atom. The Labute approximate surface area is 237 Å². The maximum Gasteiger partial charge on any atom is 0.416 e. The summed E-state index contributed by atoms with van der Waals surface area (Å²) in [4.78, 5) is 31.3. The minimum Gasteiger partial charge on any atom is -0.333 e. The van der Waals surface area contributed by atoms with Gasteiger partial charge in [-0.2, -0.15) is 26.3 Å². The number of rotatable bonds is 4. The van der Waals surface area contributed by atoms with E-state index in [-0.39, 0.29) is 41.9 Å². The van der Waals surface area contributed by atoms with Crippen LogP contribution in [0.5, 0.6) is 0 Å². The molecule has 0 bridgehead atoms. The number of hydrogen-bond donors (Lipinski definition) is 0. The van der Waals surface area contributed by atoms with Crippen molar-refractivity contribution >= 4 is 5.91 Å². The predicted molar refractivity (Wildman–Crippen MR) is 141 cm³/mol. The summed E-state index contributed by atoms with van der Waals surface area (Å²) < 4.78 is 96.4. The molecular weight excluding hydrogens is 567 g/mol. The molecule has 1 amide bonds. The zero-order valence-electron chi connectivity index (χ0n) is 22.9. The lowest BCUT2D eigenvalue weighted by atomic mass is 9.89. The van der Waals surface area contributed by atoms with E-state index in [1.54, 1.807) is 6.92 Å². The van der Waals surface area contributed by atoms with Crippen molar-refractivity contribution in [3.63, 3.8) is 0 Å². The standard InChI is InChI=1S/C30H28F7N3O2/c1-3-38-9-8-23-24(16-38)27(41)40-14-17(2)13-39(28(42)26(40)25(23)19-4-6-22(31)7-5-19)15-18-10-20(29(32,33)34)12-21(11-18)30(35,36)37/h4-7,10-12,17H,3,8-9,13-16H2,1-2H3/t17-/m0/s1. The summed E-state index contributed by atoms with van der Waals surface area (Å²) in [6.07, 6.45) is -9.63. The third-order valence-electron chi connectivity index (χ3n) is 7.85. The number of fused-ring (bicyclic) bond motifs is 2. The first-order valence-corrected chi connectivity index (χ1v) is 13.5. The van der Waals surface area contributed by atoms with Crippen molar-refractivity contribution in [3.8, 4) is 11.1 Å². The number of aromatic nitrogens is 1. The number of carbonyl (C=O) groups excluding carboxylic acids is 1. The lowest BCUT2D eigenvalue weighted by Crippen LogP contribution is -2.40. The topological polar surface area (TPSA) is 45.6 Å². The van der Waals surface area contributed by atoms with E-state index in [9.17, 15) is 40.3 Å². The van der Waals surface area contributed by atoms with Crippen molar-refractivity contribution in [1.82, 2.24) is 14.4 Å². The first-order chi connectivity index (χ1) is 19.7. The van der Waals surface area contributed by atoms with Crippen LogP contribution in [0.3, 0.4) is 0 Å². The van der Waals surface area contributed by atoms with E-state index < -0.39 is 41.7 Å². The van der Waals surface area contributed by atoms with Gasteiger partial charge in [-0.1, -0.05) is 26.0 Å². The molecule has 1 aromatic heterocycles. The van der Waals surface area contributed by atoms with Crippen LogP contribution in [0.4, 0.5) is 30.7 Å². The van der Waals surface area contributed by atoms with Gasteiger partial charge in [-0.05, 0) is 65.9 Å². The Morgan fingerprint density at radius 1 is 0.881 bits per heavy atom. The van der Waals surface area contributed by atoms with Crippen molar-refractivity contribution in [1.29, 1.82) is 0 Å². The summed E-state index contributed by atoms with van der Waals surface area (Å²) in [5, 5.41) is 0. The minimum atomic E-state index is -5.03. The third kappa shape index (κ3) is 5.68. The summed E-state index contributed by atoms with van der Waals surface area (Å²) in [7, 11) is 0. The molecule has 2 aliphatic heterocycles. The van der Waals surface area contributed by atoms with Gasteiger partial charge in [0.25, 0.3) is 11.5 Å². The monoisotopic (exact) mass is 595 g/mol. The molecule has 0 unspecified atom stereocenters. The fourth-order valence-electron chi connectivity index (χ4n) is 5.87. The average molecular weight is 596 g/mol. The zero-order valence-corrected chi connectivity index (χ0v) is 22.9. The Morgan fingerprint density at radius 2 is 1.50 bits per heavy atom. The Balaban J connectivity index is 1.68. The van der Waals surface area contributed by atoms with Crippen LogP contribution in [0, 0.1) is 11.7 Å². The number of halogens is 7. The van der Waals surface area contributed by atoms with Crippen LogP contribution in [0.1, 0.15) is 52.2 Å². The van der Waals surface area contributed by atoms with E-state index in [2.05, 4.69) is 4.90 Å². The predicted octanol–water partition coefficient (Wildman–Crippen LogP) is 6.36. The molecule has 5 rings (SSSR count). The summed E-state index contributed by atoms with van der Waals surface area (Å²) in [6, 6.07) is 6.72. The van der Waals surface area contributed by atoms with Crippen molar-refractivity contribution in [2.45, 2.75) is 52.3 Å². The number of likely N-dealkylation sites (N-methyl/N-ethyl adjacent to an activating group) is 1. The third-order valence-corrected chi connectivity index (χ3v) is 7.85. The lowest BCUT2D eigenvalue weighted by Gasteiger charge is -2.31. The van der Waals surface area contributed by atoms with Gasteiger partial charge < -0.3 is 9.47 Å². The molecule has 0 saturated carbocycles. The van der Waals surface area contributed by atoms with Crippen LogP contribution in [-0.2, 0) is 38.4 Å². The summed E-state index contributed by atoms with van der Waals surface area (Å²) in [6.45, 7) is 4.96. The van der Waals surface area contributed by atoms with Gasteiger partial charge in [0, 0.05) is 43.9 Å². The van der Waals surface area contributed by atoms with Gasteiger partial charge in [0.1, 0.15) is 11.5 Å². The number of amides is 1. The van der Waals surface area contributed by atoms with Gasteiger partial charge in [-0.3, -0.25) is 14.5 Å². The molecule has 0 spiro atoms. The van der Waals surface area contributed by atoms with Crippen LogP contribution in [0.2, 0.25) is 0 Å². The Bertz CT molecular complexity index is 1540. The normalized spacial score (nSPS) is 18.1. The van der Waals surface area contributed by atoms with Crippen LogP contribution in [0.25, 0.3) is 11.1 Å². The first kappa shape index (κ1) is 29.8. The molecule has 0 fully saturated rings. The number of nitrogens with zero attached hydrogens (tertiary/aromatic N) is 3. The molecule has 0 saturated heterocycles. The van der Waals surface area contributed by atoms with Crippen LogP contribution in [0.15, 0.2) is 47.3 Å². The SMILES string of the molecule is CCN1CCc2c(-c3ccc(F)cc3)c3n(c(=O)c2C1)C[C@@H](C)CN(Cc1cc(C(F)(F)F)cc(C(F)(F)F)c1)C3=O. The summed E-state index contributed by atoms with van der Waals surface area (Å²) >= 11 is 0. The molecule has 42 heavy (non-hydrogen) atoms. The summed E-state index contributed by atoms with van der Waals surface area (Å²) in [5.74, 6) is -1.55. The van der Waals surface area contributed by atoms with Crippen LogP contribution < -0.4 is 5.56 Å². The van der Waals surface area contributed by atoms with Gasteiger partial charge in [-0.25, -0.2) is 4.39 Å². The molecule has 0 N–H and O–H groups in total. The van der Waals surface area contributed by atoms with E-state index in [0.717, 1.165) is 0 Å². The molecular formula is C30H28F7N3O2. The maximum atomic E-state index is 14.2. The number of hydrogen-bond acceptors (Lipinski definition) is 3. The van der Waals surface area contributed by atoms with Crippen molar-refractivity contribution < 1.29 is 35.5 Å². The van der Waals surface area contributed by atoms with E-state index in [4.69, 9.17) is 0 Å². The maximum absolute atomic E-state index is 14.2. The van der Waals surface area contributed by atoms with Gasteiger partial charge in [-0.15, -0.1) is 0 Å². The highest BCUT2D eigenvalue weighted by atomic mass is 19.4. The van der Waals surface area contributed by atoms with Gasteiger partial charge in [0.15, 0.2) is 0 Å². The van der Waals surface area contributed by atoms with Crippen molar-refractivity contribution in [2.24, 2.45) is 5.92 Å². The van der Waals surface area contributed by atoms with E-state index in [1.165, 1.54) is 33.7 Å². The molecule has 12 heteroatoms. The number of pyridine rings is 1. The second-order valence-electron chi connectivity index (χ2n) is 10.9. The highest BCUT2D eigenvalue weighted by molar-refractivity contribution is 6.00. The van der Waals surface area contributed by atoms with Gasteiger partial charge >= 0.3 is 12.4 Å². The summed E-state index contributed by atoms with van der Waals surface area (Å²) in [5.41, 5.74) is -1.55. The quantitative estimate of drug-likeness (QED) is 0.330. The number of carbonyl (C=O) groups is 1. The van der Waals surface area contributed by atoms with E-state index in [1.807, 2.05) is 6.92 Å². The largest absolute Gasteiger partial charge is 0.416 e. The minimum absolute atomic E-state index is 0.00248. The molecule has 3 aromatic rings. The second kappa shape index (κ2) is 10.9. The fourth-order valence-corrected chi connectivity index (χ4v) is 5.87. The molecule has 0 radical (unpaired) electrons. The zero-order chi connectivity index (χ0) is 30.6. The van der Waals surface area contributed by atoms with E-state index >= 15 is 0 Å². The van der Waals surface area contributed by atoms with Crippen molar-refractivity contribution in [3.05, 3.63) is 92.1 Å². The molecule has 3 heterocycles. The first-order valence-electron chi connectivity index (χ1n) is 13.5. The number of benzene rings is 2. The van der Waals surface area contributed by atoms with Crippen LogP contribution >= 0.6 is 0 Å². The van der Waals surface area contributed by atoms with Gasteiger partial charge in [0.2, 0.25) is 0 Å². The highest BCUT2D eigenvalue weighted by Crippen LogP contribution is 2.38. The molecule has 1 atom stereocenters. The number of alkyl halides is 6. The van der Waals surface area contributed by atoms with Crippen LogP contribution in [-0.4, -0.2) is 39.9 Å². The van der Waals surface area contributed by atoms with Gasteiger partial charge in [0.05, 0.1) is 11.1 Å². The lowest BCUT2D eigenvalue weighted by molar-refractivity contribution is -0.143. The highest BCUT2D eigenvalue weighted by Gasteiger charge is 2.38. The Hall–Kier alpha value is -3.67. The van der Waals surface area contributed by atoms with Crippen molar-refractivity contribution in [2.75, 3.05) is 19.6 Å². The smallest absolute Gasteiger partial charge is 0.333 e.